The molecule has 0 unspecified atom stereocenters. The molecule has 1 heterocycles. The molecule has 10 heteroatoms. The van der Waals surface area contributed by atoms with Crippen LogP contribution in [0.25, 0.3) is 16.9 Å². The molecule has 0 radical (unpaired) electrons. The zero-order chi connectivity index (χ0) is 23.5. The molecule has 0 aliphatic heterocycles. The van der Waals surface area contributed by atoms with Crippen LogP contribution in [0.15, 0.2) is 79.0 Å². The molecule has 0 spiro atoms. The Morgan fingerprint density at radius 2 is 1.58 bits per heavy atom. The molecule has 0 saturated carbocycles. The lowest BCUT2D eigenvalue weighted by Crippen LogP contribution is -2.32. The van der Waals surface area contributed by atoms with Gasteiger partial charge in [0, 0.05) is 34.2 Å². The van der Waals surface area contributed by atoms with Gasteiger partial charge in [-0.3, -0.25) is 4.79 Å². The number of urea groups is 1. The Labute approximate surface area is 209 Å². The minimum Gasteiger partial charge on any atom is -0.306 e. The molecule has 0 saturated heterocycles. The van der Waals surface area contributed by atoms with Crippen molar-refractivity contribution in [3.63, 3.8) is 0 Å². The lowest BCUT2D eigenvalue weighted by molar-refractivity contribution is 0.0893. The third-order valence-electron chi connectivity index (χ3n) is 4.62. The predicted octanol–water partition coefficient (Wildman–Crippen LogP) is 7.33. The highest BCUT2D eigenvalue weighted by Crippen LogP contribution is 2.30. The van der Waals surface area contributed by atoms with Crippen molar-refractivity contribution in [3.05, 3.63) is 99.6 Å². The summed E-state index contributed by atoms with van der Waals surface area (Å²) in [6, 6.07) is 19.6. The summed E-state index contributed by atoms with van der Waals surface area (Å²) >= 11 is 24.7. The summed E-state index contributed by atoms with van der Waals surface area (Å²) in [6.07, 6.45) is 1.71. The van der Waals surface area contributed by atoms with Crippen molar-refractivity contribution in [1.82, 2.24) is 14.2 Å². The van der Waals surface area contributed by atoms with Crippen LogP contribution in [-0.2, 0) is 0 Å². The largest absolute Gasteiger partial charge is 0.343 e. The molecule has 1 aromatic heterocycles. The molecule has 0 fully saturated rings. The number of hydrogen-bond donors (Lipinski definition) is 1. The number of nitrogens with zero attached hydrogens (tertiary/aromatic N) is 3. The molecule has 0 aliphatic carbocycles. The molecule has 1 N–H and O–H groups in total. The monoisotopic (exact) mass is 518 g/mol. The van der Waals surface area contributed by atoms with E-state index in [1.54, 1.807) is 54.7 Å². The summed E-state index contributed by atoms with van der Waals surface area (Å²) in [5.74, 6) is -0.828. The van der Waals surface area contributed by atoms with Crippen molar-refractivity contribution in [3.8, 4) is 16.9 Å². The molecule has 33 heavy (non-hydrogen) atoms. The average molecular weight is 520 g/mol. The van der Waals surface area contributed by atoms with Crippen molar-refractivity contribution in [1.29, 1.82) is 0 Å². The van der Waals surface area contributed by atoms with Gasteiger partial charge in [-0.1, -0.05) is 65.1 Å². The molecule has 4 aromatic rings. The Kier molecular flexibility index (Phi) is 6.91. The molecule has 4 rings (SSSR count). The Morgan fingerprint density at radius 1 is 0.879 bits per heavy atom. The number of hydrogen-bond acceptors (Lipinski definition) is 3. The van der Waals surface area contributed by atoms with E-state index in [1.165, 1.54) is 16.8 Å². The van der Waals surface area contributed by atoms with Crippen molar-refractivity contribution in [2.75, 3.05) is 5.32 Å². The molecule has 3 amide bonds. The highest BCUT2D eigenvalue weighted by molar-refractivity contribution is 6.40. The molecule has 6 nitrogen and oxygen atoms in total. The fourth-order valence-electron chi connectivity index (χ4n) is 3.00. The first-order valence-corrected chi connectivity index (χ1v) is 11.0. The lowest BCUT2D eigenvalue weighted by atomic mass is 10.2. The zero-order valence-electron chi connectivity index (χ0n) is 16.7. The number of carbonyl (C=O) groups is 2. The molecular formula is C23H14Cl4N4O2. The van der Waals surface area contributed by atoms with Gasteiger partial charge >= 0.3 is 6.03 Å². The van der Waals surface area contributed by atoms with Gasteiger partial charge in [-0.15, -0.1) is 0 Å². The van der Waals surface area contributed by atoms with Crippen LogP contribution in [0, 0.1) is 0 Å². The number of carbonyl (C=O) groups excluding carboxylic acids is 2. The smallest absolute Gasteiger partial charge is 0.306 e. The molecule has 0 aliphatic rings. The van der Waals surface area contributed by atoms with Crippen LogP contribution in [0.1, 0.15) is 10.4 Å². The van der Waals surface area contributed by atoms with Gasteiger partial charge in [-0.05, 0) is 42.5 Å². The minimum absolute atomic E-state index is 0.0336. The summed E-state index contributed by atoms with van der Waals surface area (Å²) in [5, 5.41) is 7.91. The van der Waals surface area contributed by atoms with E-state index >= 15 is 0 Å². The van der Waals surface area contributed by atoms with E-state index in [9.17, 15) is 9.59 Å². The number of aromatic nitrogens is 2. The van der Waals surface area contributed by atoms with E-state index in [0.29, 0.717) is 26.5 Å². The second kappa shape index (κ2) is 9.85. The van der Waals surface area contributed by atoms with Gasteiger partial charge in [0.2, 0.25) is 0 Å². The Bertz CT molecular complexity index is 1320. The summed E-state index contributed by atoms with van der Waals surface area (Å²) < 4.78 is 1.95. The van der Waals surface area contributed by atoms with E-state index in [4.69, 9.17) is 46.6 Å². The standard InChI is InChI=1S/C23H14Cl4N4O2/c24-15-8-6-14(7-9-15)20-10-11-30(29-20)21-13-18(25)17(12-19(21)26)22(32)31(27)23(33)28-16-4-2-1-3-5-16/h1-13H,(H,28,33). The Hall–Kier alpha value is -3.03. The van der Waals surface area contributed by atoms with Gasteiger partial charge in [-0.25, -0.2) is 9.48 Å². The fraction of sp³-hybridized carbons (Fsp3) is 0. The average Bonchev–Trinajstić information content (AvgIpc) is 3.30. The third kappa shape index (κ3) is 5.15. The van der Waals surface area contributed by atoms with Crippen LogP contribution >= 0.6 is 46.6 Å². The lowest BCUT2D eigenvalue weighted by Gasteiger charge is -2.15. The van der Waals surface area contributed by atoms with E-state index in [-0.39, 0.29) is 15.6 Å². The number of imide groups is 1. The zero-order valence-corrected chi connectivity index (χ0v) is 19.7. The molecular weight excluding hydrogens is 506 g/mol. The molecule has 0 atom stereocenters. The maximum atomic E-state index is 12.8. The SMILES string of the molecule is O=C(Nc1ccccc1)N(Cl)C(=O)c1cc(Cl)c(-n2ccc(-c3ccc(Cl)cc3)n2)cc1Cl. The van der Waals surface area contributed by atoms with Crippen molar-refractivity contribution >= 4 is 64.2 Å². The highest BCUT2D eigenvalue weighted by atomic mass is 35.5. The number of nitrogens with one attached hydrogen (secondary N) is 1. The van der Waals surface area contributed by atoms with E-state index in [1.807, 2.05) is 12.1 Å². The Morgan fingerprint density at radius 3 is 2.27 bits per heavy atom. The van der Waals surface area contributed by atoms with Crippen molar-refractivity contribution in [2.24, 2.45) is 0 Å². The van der Waals surface area contributed by atoms with Crippen LogP contribution in [-0.4, -0.2) is 26.1 Å². The third-order valence-corrected chi connectivity index (χ3v) is 5.80. The maximum absolute atomic E-state index is 12.8. The van der Waals surface area contributed by atoms with Gasteiger partial charge in [0.05, 0.1) is 27.0 Å². The first-order chi connectivity index (χ1) is 15.8. The van der Waals surface area contributed by atoms with E-state index in [0.717, 1.165) is 5.56 Å². The predicted molar refractivity (Wildman–Crippen MR) is 132 cm³/mol. The topological polar surface area (TPSA) is 67.2 Å². The maximum Gasteiger partial charge on any atom is 0.343 e. The summed E-state index contributed by atoms with van der Waals surface area (Å²) in [7, 11) is 0. The molecule has 166 valence electrons. The summed E-state index contributed by atoms with van der Waals surface area (Å²) in [4.78, 5) is 25.1. The molecule has 3 aromatic carbocycles. The minimum atomic E-state index is -0.830. The number of benzene rings is 3. The summed E-state index contributed by atoms with van der Waals surface area (Å²) in [5.41, 5.74) is 2.47. The molecule has 0 bridgehead atoms. The van der Waals surface area contributed by atoms with E-state index in [2.05, 4.69) is 10.4 Å². The second-order valence-electron chi connectivity index (χ2n) is 6.82. The van der Waals surface area contributed by atoms with Gasteiger partial charge in [-0.2, -0.15) is 9.52 Å². The second-order valence-corrected chi connectivity index (χ2v) is 8.41. The van der Waals surface area contributed by atoms with Crippen LogP contribution in [0.3, 0.4) is 0 Å². The first kappa shape index (κ1) is 23.1. The number of amides is 3. The van der Waals surface area contributed by atoms with Crippen LogP contribution in [0.4, 0.5) is 10.5 Å². The van der Waals surface area contributed by atoms with Crippen molar-refractivity contribution < 1.29 is 9.59 Å². The van der Waals surface area contributed by atoms with Crippen LogP contribution < -0.4 is 5.32 Å². The van der Waals surface area contributed by atoms with Crippen molar-refractivity contribution in [2.45, 2.75) is 0 Å². The van der Waals surface area contributed by atoms with Crippen LogP contribution in [0.2, 0.25) is 15.1 Å². The van der Waals surface area contributed by atoms with Gasteiger partial charge in [0.1, 0.15) is 0 Å². The quantitative estimate of drug-likeness (QED) is 0.287. The number of halogens is 4. The van der Waals surface area contributed by atoms with E-state index < -0.39 is 11.9 Å². The highest BCUT2D eigenvalue weighted by Gasteiger charge is 2.25. The normalized spacial score (nSPS) is 10.7. The first-order valence-electron chi connectivity index (χ1n) is 9.51. The number of rotatable bonds is 4. The van der Waals surface area contributed by atoms with Gasteiger partial charge < -0.3 is 5.32 Å². The van der Waals surface area contributed by atoms with Gasteiger partial charge in [0.25, 0.3) is 5.91 Å². The number of anilines is 1. The number of para-hydroxylation sites is 1. The van der Waals surface area contributed by atoms with Gasteiger partial charge in [0.15, 0.2) is 0 Å². The summed E-state index contributed by atoms with van der Waals surface area (Å²) in [6.45, 7) is 0. The van der Waals surface area contributed by atoms with Crippen LogP contribution in [0.5, 0.6) is 0 Å². The Balaban J connectivity index is 1.56. The fourth-order valence-corrected chi connectivity index (χ4v) is 3.75.